The fourth-order valence-corrected chi connectivity index (χ4v) is 1.64. The molecule has 0 heterocycles. The van der Waals surface area contributed by atoms with Crippen molar-refractivity contribution in [2.24, 2.45) is 0 Å². The molecule has 0 saturated carbocycles. The largest absolute Gasteiger partial charge is 0.385 e. The molecular weight excluding hydrogens is 207 g/mol. The number of nitrogens with zero attached hydrogens (tertiary/aromatic N) is 1. The first-order valence-electron chi connectivity index (χ1n) is 5.41. The van der Waals surface area contributed by atoms with Crippen molar-refractivity contribution in [2.75, 3.05) is 25.5 Å². The second-order valence-electron chi connectivity index (χ2n) is 3.39. The summed E-state index contributed by atoms with van der Waals surface area (Å²) in [4.78, 5) is 13.7. The molecular formula is C12H17FN2O. The van der Waals surface area contributed by atoms with Gasteiger partial charge in [0.25, 0.3) is 5.91 Å². The standard InChI is InChI=1S/C12H17FN2O/c1-4-15(5-2)12(16)9-7-6-8-10(13)11(9)14-3/h6-8,14H,4-5H2,1-3H3. The van der Waals surface area contributed by atoms with E-state index in [1.54, 1.807) is 24.1 Å². The molecule has 0 aliphatic heterocycles. The van der Waals surface area contributed by atoms with Crippen LogP contribution in [0, 0.1) is 5.82 Å². The van der Waals surface area contributed by atoms with Gasteiger partial charge in [-0.1, -0.05) is 6.07 Å². The van der Waals surface area contributed by atoms with Crippen LogP contribution in [0.4, 0.5) is 10.1 Å². The molecule has 0 bridgehead atoms. The van der Waals surface area contributed by atoms with Crippen LogP contribution < -0.4 is 5.32 Å². The van der Waals surface area contributed by atoms with E-state index in [0.29, 0.717) is 18.7 Å². The number of carbonyl (C=O) groups is 1. The van der Waals surface area contributed by atoms with Gasteiger partial charge in [0.15, 0.2) is 0 Å². The summed E-state index contributed by atoms with van der Waals surface area (Å²) in [6.07, 6.45) is 0. The third-order valence-electron chi connectivity index (χ3n) is 2.54. The van der Waals surface area contributed by atoms with Crippen LogP contribution in [0.25, 0.3) is 0 Å². The van der Waals surface area contributed by atoms with E-state index >= 15 is 0 Å². The number of carbonyl (C=O) groups excluding carboxylic acids is 1. The molecule has 0 aliphatic rings. The number of benzene rings is 1. The van der Waals surface area contributed by atoms with E-state index in [1.807, 2.05) is 13.8 Å². The Balaban J connectivity index is 3.12. The van der Waals surface area contributed by atoms with E-state index in [-0.39, 0.29) is 11.6 Å². The zero-order valence-corrected chi connectivity index (χ0v) is 9.88. The molecule has 0 fully saturated rings. The summed E-state index contributed by atoms with van der Waals surface area (Å²) in [5.41, 5.74) is 0.644. The second-order valence-corrected chi connectivity index (χ2v) is 3.39. The highest BCUT2D eigenvalue weighted by Gasteiger charge is 2.17. The Morgan fingerprint density at radius 1 is 1.38 bits per heavy atom. The van der Waals surface area contributed by atoms with Crippen LogP contribution in [0.3, 0.4) is 0 Å². The molecule has 1 amide bonds. The molecule has 0 aromatic heterocycles. The SMILES string of the molecule is CCN(CC)C(=O)c1cccc(F)c1NC. The summed E-state index contributed by atoms with van der Waals surface area (Å²) in [5.74, 6) is -0.547. The van der Waals surface area contributed by atoms with Gasteiger partial charge in [-0.3, -0.25) is 4.79 Å². The molecule has 0 radical (unpaired) electrons. The summed E-state index contributed by atoms with van der Waals surface area (Å²) in [7, 11) is 1.61. The molecule has 1 rings (SSSR count). The molecule has 0 atom stereocenters. The lowest BCUT2D eigenvalue weighted by Crippen LogP contribution is -2.31. The summed E-state index contributed by atoms with van der Waals surface area (Å²) >= 11 is 0. The molecule has 0 unspecified atom stereocenters. The van der Waals surface area contributed by atoms with E-state index in [1.165, 1.54) is 6.07 Å². The molecule has 4 heteroatoms. The number of amides is 1. The number of para-hydroxylation sites is 1. The molecule has 1 N–H and O–H groups in total. The highest BCUT2D eigenvalue weighted by molar-refractivity contribution is 5.99. The maximum Gasteiger partial charge on any atom is 0.256 e. The molecule has 1 aromatic rings. The molecule has 0 saturated heterocycles. The van der Waals surface area contributed by atoms with Gasteiger partial charge >= 0.3 is 0 Å². The van der Waals surface area contributed by atoms with Gasteiger partial charge in [0.1, 0.15) is 5.82 Å². The maximum absolute atomic E-state index is 13.4. The molecule has 0 spiro atoms. The normalized spacial score (nSPS) is 10.0. The number of hydrogen-bond acceptors (Lipinski definition) is 2. The second kappa shape index (κ2) is 5.49. The average molecular weight is 224 g/mol. The number of hydrogen-bond donors (Lipinski definition) is 1. The van der Waals surface area contributed by atoms with Crippen molar-refractivity contribution >= 4 is 11.6 Å². The minimum absolute atomic E-state index is 0.145. The Kier molecular flexibility index (Phi) is 4.28. The van der Waals surface area contributed by atoms with E-state index in [9.17, 15) is 9.18 Å². The van der Waals surface area contributed by atoms with Gasteiger partial charge in [0.05, 0.1) is 11.3 Å². The van der Waals surface area contributed by atoms with Gasteiger partial charge in [0, 0.05) is 20.1 Å². The zero-order chi connectivity index (χ0) is 12.1. The fourth-order valence-electron chi connectivity index (χ4n) is 1.64. The van der Waals surface area contributed by atoms with E-state index in [4.69, 9.17) is 0 Å². The highest BCUT2D eigenvalue weighted by atomic mass is 19.1. The lowest BCUT2D eigenvalue weighted by atomic mass is 10.1. The van der Waals surface area contributed by atoms with Gasteiger partial charge in [-0.25, -0.2) is 4.39 Å². The van der Waals surface area contributed by atoms with E-state index < -0.39 is 5.82 Å². The van der Waals surface area contributed by atoms with Gasteiger partial charge in [0.2, 0.25) is 0 Å². The lowest BCUT2D eigenvalue weighted by Gasteiger charge is -2.20. The van der Waals surface area contributed by atoms with Crippen molar-refractivity contribution in [3.8, 4) is 0 Å². The summed E-state index contributed by atoms with van der Waals surface area (Å²) < 4.78 is 13.4. The smallest absolute Gasteiger partial charge is 0.256 e. The zero-order valence-electron chi connectivity index (χ0n) is 9.88. The van der Waals surface area contributed by atoms with Crippen molar-refractivity contribution in [3.05, 3.63) is 29.6 Å². The minimum Gasteiger partial charge on any atom is -0.385 e. The number of halogens is 1. The Labute approximate surface area is 95.3 Å². The minimum atomic E-state index is -0.402. The molecule has 3 nitrogen and oxygen atoms in total. The molecule has 0 aliphatic carbocycles. The van der Waals surface area contributed by atoms with Gasteiger partial charge in [-0.2, -0.15) is 0 Å². The topological polar surface area (TPSA) is 32.3 Å². The van der Waals surface area contributed by atoms with E-state index in [2.05, 4.69) is 5.32 Å². The van der Waals surface area contributed by atoms with Crippen LogP contribution in [0.1, 0.15) is 24.2 Å². The summed E-state index contributed by atoms with van der Waals surface area (Å²) in [5, 5.41) is 2.73. The predicted octanol–water partition coefficient (Wildman–Crippen LogP) is 2.35. The Hall–Kier alpha value is -1.58. The van der Waals surface area contributed by atoms with E-state index in [0.717, 1.165) is 0 Å². The van der Waals surface area contributed by atoms with Crippen LogP contribution in [0.5, 0.6) is 0 Å². The quantitative estimate of drug-likeness (QED) is 0.851. The lowest BCUT2D eigenvalue weighted by molar-refractivity contribution is 0.0773. The van der Waals surface area contributed by atoms with Gasteiger partial charge in [-0.05, 0) is 26.0 Å². The first-order chi connectivity index (χ1) is 7.65. The maximum atomic E-state index is 13.4. The first kappa shape index (κ1) is 12.5. The van der Waals surface area contributed by atoms with Crippen molar-refractivity contribution in [3.63, 3.8) is 0 Å². The van der Waals surface area contributed by atoms with Crippen molar-refractivity contribution in [1.82, 2.24) is 4.90 Å². The van der Waals surface area contributed by atoms with Crippen LogP contribution in [-0.4, -0.2) is 30.9 Å². The highest BCUT2D eigenvalue weighted by Crippen LogP contribution is 2.20. The third-order valence-corrected chi connectivity index (χ3v) is 2.54. The van der Waals surface area contributed by atoms with Crippen LogP contribution in [0.2, 0.25) is 0 Å². The Bertz CT molecular complexity index is 375. The average Bonchev–Trinajstić information content (AvgIpc) is 2.30. The monoisotopic (exact) mass is 224 g/mol. The molecule has 88 valence electrons. The van der Waals surface area contributed by atoms with Gasteiger partial charge < -0.3 is 10.2 Å². The van der Waals surface area contributed by atoms with Crippen molar-refractivity contribution in [2.45, 2.75) is 13.8 Å². The van der Waals surface area contributed by atoms with Crippen LogP contribution in [0.15, 0.2) is 18.2 Å². The van der Waals surface area contributed by atoms with Crippen LogP contribution >= 0.6 is 0 Å². The van der Waals surface area contributed by atoms with Crippen molar-refractivity contribution in [1.29, 1.82) is 0 Å². The number of anilines is 1. The Morgan fingerprint density at radius 2 is 2.00 bits per heavy atom. The van der Waals surface area contributed by atoms with Crippen molar-refractivity contribution < 1.29 is 9.18 Å². The predicted molar refractivity (Wildman–Crippen MR) is 63.2 cm³/mol. The summed E-state index contributed by atoms with van der Waals surface area (Å²) in [6.45, 7) is 5.05. The fraction of sp³-hybridized carbons (Fsp3) is 0.417. The summed E-state index contributed by atoms with van der Waals surface area (Å²) in [6, 6.07) is 4.52. The first-order valence-corrected chi connectivity index (χ1v) is 5.41. The number of nitrogens with one attached hydrogen (secondary N) is 1. The van der Waals surface area contributed by atoms with Crippen LogP contribution in [-0.2, 0) is 0 Å². The third kappa shape index (κ3) is 2.32. The Morgan fingerprint density at radius 3 is 2.50 bits per heavy atom. The van der Waals surface area contributed by atoms with Gasteiger partial charge in [-0.15, -0.1) is 0 Å². The molecule has 16 heavy (non-hydrogen) atoms. The molecule has 1 aromatic carbocycles. The number of rotatable bonds is 4.